The summed E-state index contributed by atoms with van der Waals surface area (Å²) in [4.78, 5) is 11.4. The Morgan fingerprint density at radius 1 is 1.38 bits per heavy atom. The lowest BCUT2D eigenvalue weighted by molar-refractivity contribution is 0.0695. The molecule has 2 aromatic rings. The quantitative estimate of drug-likeness (QED) is 0.930. The van der Waals surface area contributed by atoms with Crippen LogP contribution in [0.25, 0.3) is 0 Å². The zero-order valence-electron chi connectivity index (χ0n) is 11.6. The molecule has 0 amide bonds. The Morgan fingerprint density at radius 2 is 2.14 bits per heavy atom. The number of halogens is 1. The third kappa shape index (κ3) is 3.10. The lowest BCUT2D eigenvalue weighted by Gasteiger charge is -2.06. The smallest absolute Gasteiger partial charge is 0.339 e. The fourth-order valence-corrected chi connectivity index (χ4v) is 3.22. The number of hydrogen-bond acceptors (Lipinski definition) is 2. The zero-order valence-corrected chi connectivity index (χ0v) is 12.4. The van der Waals surface area contributed by atoms with Crippen LogP contribution >= 0.6 is 11.6 Å². The number of benzene rings is 1. The number of carboxylic acid groups (broad SMARTS) is 1. The summed E-state index contributed by atoms with van der Waals surface area (Å²) in [5.41, 5.74) is 2.09. The van der Waals surface area contributed by atoms with Gasteiger partial charge in [0.25, 0.3) is 0 Å². The second-order valence-corrected chi connectivity index (χ2v) is 5.98. The zero-order chi connectivity index (χ0) is 14.8. The molecule has 1 aliphatic carbocycles. The van der Waals surface area contributed by atoms with Crippen molar-refractivity contribution in [1.82, 2.24) is 9.78 Å². The van der Waals surface area contributed by atoms with Crippen molar-refractivity contribution in [2.24, 2.45) is 0 Å². The molecule has 1 aromatic heterocycles. The molecule has 4 nitrogen and oxygen atoms in total. The summed E-state index contributed by atoms with van der Waals surface area (Å²) in [6.45, 7) is 0.535. The maximum Gasteiger partial charge on any atom is 0.339 e. The largest absolute Gasteiger partial charge is 0.478 e. The van der Waals surface area contributed by atoms with E-state index in [1.165, 1.54) is 0 Å². The van der Waals surface area contributed by atoms with Crippen molar-refractivity contribution in [1.29, 1.82) is 0 Å². The van der Waals surface area contributed by atoms with Gasteiger partial charge < -0.3 is 5.11 Å². The predicted octanol–water partition coefficient (Wildman–Crippen LogP) is 3.94. The second-order valence-electron chi connectivity index (χ2n) is 5.54. The molecule has 0 saturated heterocycles. The molecule has 3 rings (SSSR count). The first-order chi connectivity index (χ1) is 10.1. The minimum absolute atomic E-state index is 0.289. The van der Waals surface area contributed by atoms with Crippen molar-refractivity contribution in [2.75, 3.05) is 0 Å². The first-order valence-electron chi connectivity index (χ1n) is 7.18. The van der Waals surface area contributed by atoms with Gasteiger partial charge in [0, 0.05) is 17.1 Å². The van der Waals surface area contributed by atoms with E-state index in [1.54, 1.807) is 10.9 Å². The molecule has 110 valence electrons. The monoisotopic (exact) mass is 304 g/mol. The lowest BCUT2D eigenvalue weighted by Crippen LogP contribution is -2.04. The number of carboxylic acids is 1. The summed E-state index contributed by atoms with van der Waals surface area (Å²) in [5, 5.41) is 14.6. The molecule has 0 unspecified atom stereocenters. The van der Waals surface area contributed by atoms with E-state index in [9.17, 15) is 9.90 Å². The average Bonchev–Trinajstić information content (AvgIpc) is 3.06. The summed E-state index contributed by atoms with van der Waals surface area (Å²) in [6, 6.07) is 7.54. The molecule has 1 saturated carbocycles. The molecule has 0 spiro atoms. The molecule has 0 atom stereocenters. The van der Waals surface area contributed by atoms with Crippen LogP contribution < -0.4 is 0 Å². The van der Waals surface area contributed by atoms with E-state index in [0.717, 1.165) is 36.9 Å². The molecule has 1 aromatic carbocycles. The van der Waals surface area contributed by atoms with Crippen molar-refractivity contribution in [3.05, 3.63) is 52.3 Å². The highest BCUT2D eigenvalue weighted by Crippen LogP contribution is 2.35. The highest BCUT2D eigenvalue weighted by atomic mass is 35.5. The minimum Gasteiger partial charge on any atom is -0.478 e. The van der Waals surface area contributed by atoms with E-state index in [4.69, 9.17) is 11.6 Å². The van der Waals surface area contributed by atoms with Crippen molar-refractivity contribution in [3.63, 3.8) is 0 Å². The van der Waals surface area contributed by atoms with Gasteiger partial charge in [-0.1, -0.05) is 36.6 Å². The van der Waals surface area contributed by atoms with Crippen LogP contribution in [-0.4, -0.2) is 20.9 Å². The fourth-order valence-electron chi connectivity index (χ4n) is 3.01. The van der Waals surface area contributed by atoms with Gasteiger partial charge in [-0.25, -0.2) is 4.79 Å². The highest BCUT2D eigenvalue weighted by molar-refractivity contribution is 6.30. The van der Waals surface area contributed by atoms with Crippen LogP contribution in [0.4, 0.5) is 0 Å². The van der Waals surface area contributed by atoms with Gasteiger partial charge in [-0.15, -0.1) is 0 Å². The number of nitrogens with zero attached hydrogens (tertiary/aromatic N) is 2. The molecule has 1 heterocycles. The van der Waals surface area contributed by atoms with E-state index in [-0.39, 0.29) is 5.92 Å². The number of carbonyl (C=O) groups is 1. The van der Waals surface area contributed by atoms with Crippen LogP contribution in [0.15, 0.2) is 30.5 Å². The van der Waals surface area contributed by atoms with Crippen molar-refractivity contribution in [2.45, 2.75) is 38.1 Å². The summed E-state index contributed by atoms with van der Waals surface area (Å²) >= 11 is 5.98. The molecule has 21 heavy (non-hydrogen) atoms. The summed E-state index contributed by atoms with van der Waals surface area (Å²) < 4.78 is 1.71. The van der Waals surface area contributed by atoms with E-state index in [1.807, 2.05) is 24.3 Å². The molecule has 1 aliphatic rings. The molecule has 0 aliphatic heterocycles. The molecule has 5 heteroatoms. The minimum atomic E-state index is -0.894. The van der Waals surface area contributed by atoms with Crippen molar-refractivity contribution >= 4 is 17.6 Å². The van der Waals surface area contributed by atoms with E-state index >= 15 is 0 Å². The fraction of sp³-hybridized carbons (Fsp3) is 0.375. The van der Waals surface area contributed by atoms with Gasteiger partial charge in [0.05, 0.1) is 12.2 Å². The first-order valence-corrected chi connectivity index (χ1v) is 7.56. The Kier molecular flexibility index (Phi) is 3.97. The maximum atomic E-state index is 11.4. The summed E-state index contributed by atoms with van der Waals surface area (Å²) in [6.07, 6.45) is 6.02. The topological polar surface area (TPSA) is 55.1 Å². The Bertz CT molecular complexity index is 660. The Labute approximate surface area is 128 Å². The Hall–Kier alpha value is -1.81. The first kappa shape index (κ1) is 14.1. The SMILES string of the molecule is O=C(O)c1cn(Cc2cccc(Cl)c2)nc1C1CCCC1. The van der Waals surface area contributed by atoms with Gasteiger partial charge in [0.1, 0.15) is 5.56 Å². The predicted molar refractivity (Wildman–Crippen MR) is 80.9 cm³/mol. The van der Waals surface area contributed by atoms with Crippen LogP contribution in [0, 0.1) is 0 Å². The summed E-state index contributed by atoms with van der Waals surface area (Å²) in [7, 11) is 0. The molecule has 0 radical (unpaired) electrons. The molecule has 0 bridgehead atoms. The number of rotatable bonds is 4. The molecule has 1 N–H and O–H groups in total. The van der Waals surface area contributed by atoms with Gasteiger partial charge in [0.15, 0.2) is 0 Å². The third-order valence-electron chi connectivity index (χ3n) is 4.00. The van der Waals surface area contributed by atoms with Crippen LogP contribution in [-0.2, 0) is 6.54 Å². The highest BCUT2D eigenvalue weighted by Gasteiger charge is 2.26. The maximum absolute atomic E-state index is 11.4. The summed E-state index contributed by atoms with van der Waals surface area (Å²) in [5.74, 6) is -0.606. The van der Waals surface area contributed by atoms with Crippen LogP contribution in [0.5, 0.6) is 0 Å². The number of aromatic nitrogens is 2. The Morgan fingerprint density at radius 3 is 2.81 bits per heavy atom. The Balaban J connectivity index is 1.89. The molecule has 1 fully saturated rings. The number of aromatic carboxylic acids is 1. The average molecular weight is 305 g/mol. The van der Waals surface area contributed by atoms with Crippen LogP contribution in [0.1, 0.15) is 53.2 Å². The van der Waals surface area contributed by atoms with E-state index in [2.05, 4.69) is 5.10 Å². The van der Waals surface area contributed by atoms with E-state index in [0.29, 0.717) is 17.1 Å². The van der Waals surface area contributed by atoms with Gasteiger partial charge in [-0.3, -0.25) is 4.68 Å². The van der Waals surface area contributed by atoms with Gasteiger partial charge in [0.2, 0.25) is 0 Å². The van der Waals surface area contributed by atoms with Crippen LogP contribution in [0.3, 0.4) is 0 Å². The van der Waals surface area contributed by atoms with Crippen molar-refractivity contribution in [3.8, 4) is 0 Å². The van der Waals surface area contributed by atoms with Gasteiger partial charge in [-0.2, -0.15) is 5.10 Å². The van der Waals surface area contributed by atoms with Gasteiger partial charge >= 0.3 is 5.97 Å². The molecular weight excluding hydrogens is 288 g/mol. The van der Waals surface area contributed by atoms with E-state index < -0.39 is 5.97 Å². The standard InChI is InChI=1S/C16H17ClN2O2/c17-13-7-3-4-11(8-13)9-19-10-14(16(20)21)15(18-19)12-5-1-2-6-12/h3-4,7-8,10,12H,1-2,5-6,9H2,(H,20,21). The van der Waals surface area contributed by atoms with Crippen molar-refractivity contribution < 1.29 is 9.90 Å². The van der Waals surface area contributed by atoms with Crippen LogP contribution in [0.2, 0.25) is 5.02 Å². The third-order valence-corrected chi connectivity index (χ3v) is 4.23. The normalized spacial score (nSPS) is 15.5. The molecular formula is C16H17ClN2O2. The number of hydrogen-bond donors (Lipinski definition) is 1. The second kappa shape index (κ2) is 5.90. The lowest BCUT2D eigenvalue weighted by atomic mass is 10.0. The van der Waals surface area contributed by atoms with Gasteiger partial charge in [-0.05, 0) is 30.5 Å².